The molecule has 2 aromatic heterocycles. The second-order valence-electron chi connectivity index (χ2n) is 4.47. The Labute approximate surface area is 110 Å². The lowest BCUT2D eigenvalue weighted by molar-refractivity contribution is 0.680. The van der Waals surface area contributed by atoms with Crippen molar-refractivity contribution in [3.63, 3.8) is 0 Å². The number of thiophene rings is 1. The summed E-state index contributed by atoms with van der Waals surface area (Å²) in [7, 11) is 0. The highest BCUT2D eigenvalue weighted by Crippen LogP contribution is 2.30. The van der Waals surface area contributed by atoms with Crippen LogP contribution in [0, 0.1) is 6.92 Å². The van der Waals surface area contributed by atoms with Crippen molar-refractivity contribution in [2.75, 3.05) is 5.73 Å². The lowest BCUT2D eigenvalue weighted by Gasteiger charge is -2.14. The minimum absolute atomic E-state index is 0.219. The number of hydrogen-bond acceptors (Lipinski definition) is 3. The molecule has 0 spiro atoms. The lowest BCUT2D eigenvalue weighted by atomic mass is 10.2. The standard InChI is InChI=1S/C14H15N3S/c1-9-5-3-6-11-13(9)16-14(15)17(11)10(2)12-7-4-8-18-12/h3-8,10H,1-2H3,(H2,15,16). The summed E-state index contributed by atoms with van der Waals surface area (Å²) in [6.45, 7) is 4.22. The van der Waals surface area contributed by atoms with Crippen molar-refractivity contribution in [2.24, 2.45) is 0 Å². The Kier molecular flexibility index (Phi) is 2.59. The summed E-state index contributed by atoms with van der Waals surface area (Å²) in [5, 5.41) is 2.09. The van der Waals surface area contributed by atoms with E-state index in [0.717, 1.165) is 16.6 Å². The average Bonchev–Trinajstić information content (AvgIpc) is 2.96. The summed E-state index contributed by atoms with van der Waals surface area (Å²) >= 11 is 1.75. The van der Waals surface area contributed by atoms with Crippen LogP contribution in [-0.2, 0) is 0 Å². The van der Waals surface area contributed by atoms with E-state index in [1.165, 1.54) is 4.88 Å². The molecule has 0 aliphatic rings. The van der Waals surface area contributed by atoms with Crippen LogP contribution in [0.3, 0.4) is 0 Å². The van der Waals surface area contributed by atoms with E-state index in [1.54, 1.807) is 11.3 Å². The number of imidazole rings is 1. The van der Waals surface area contributed by atoms with Gasteiger partial charge in [0.25, 0.3) is 0 Å². The van der Waals surface area contributed by atoms with Crippen LogP contribution in [0.5, 0.6) is 0 Å². The zero-order chi connectivity index (χ0) is 12.7. The van der Waals surface area contributed by atoms with Crippen LogP contribution >= 0.6 is 11.3 Å². The summed E-state index contributed by atoms with van der Waals surface area (Å²) in [5.74, 6) is 0.584. The van der Waals surface area contributed by atoms with Crippen molar-refractivity contribution < 1.29 is 0 Å². The molecule has 1 aromatic carbocycles. The second-order valence-corrected chi connectivity index (χ2v) is 5.45. The molecule has 1 unspecified atom stereocenters. The Morgan fingerprint density at radius 2 is 2.11 bits per heavy atom. The SMILES string of the molecule is Cc1cccc2c1nc(N)n2C(C)c1cccs1. The third kappa shape index (κ3) is 1.61. The maximum absolute atomic E-state index is 6.09. The Bertz CT molecular complexity index is 682. The number of nitrogens with zero attached hydrogens (tertiary/aromatic N) is 2. The van der Waals surface area contributed by atoms with Gasteiger partial charge in [0.1, 0.15) is 0 Å². The molecule has 0 fully saturated rings. The fourth-order valence-corrected chi connectivity index (χ4v) is 3.11. The average molecular weight is 257 g/mol. The van der Waals surface area contributed by atoms with Gasteiger partial charge in [-0.2, -0.15) is 0 Å². The smallest absolute Gasteiger partial charge is 0.201 e. The van der Waals surface area contributed by atoms with Gasteiger partial charge in [0.05, 0.1) is 17.1 Å². The van der Waals surface area contributed by atoms with Crippen molar-refractivity contribution in [1.29, 1.82) is 0 Å². The van der Waals surface area contributed by atoms with Crippen molar-refractivity contribution in [2.45, 2.75) is 19.9 Å². The molecule has 3 rings (SSSR count). The van der Waals surface area contributed by atoms with Crippen LogP contribution in [0.1, 0.15) is 23.4 Å². The molecule has 0 saturated heterocycles. The van der Waals surface area contributed by atoms with Crippen LogP contribution in [0.2, 0.25) is 0 Å². The molecule has 1 atom stereocenters. The summed E-state index contributed by atoms with van der Waals surface area (Å²) < 4.78 is 2.11. The zero-order valence-electron chi connectivity index (χ0n) is 10.4. The fraction of sp³-hybridized carbons (Fsp3) is 0.214. The molecular formula is C14H15N3S. The third-order valence-corrected chi connectivity index (χ3v) is 4.33. The van der Waals surface area contributed by atoms with E-state index in [1.807, 2.05) is 0 Å². The predicted molar refractivity (Wildman–Crippen MR) is 77.0 cm³/mol. The van der Waals surface area contributed by atoms with E-state index in [2.05, 4.69) is 59.1 Å². The third-order valence-electron chi connectivity index (χ3n) is 3.29. The van der Waals surface area contributed by atoms with Gasteiger partial charge in [-0.1, -0.05) is 18.2 Å². The lowest BCUT2D eigenvalue weighted by Crippen LogP contribution is -2.08. The Balaban J connectivity index is 2.23. The quantitative estimate of drug-likeness (QED) is 0.762. The van der Waals surface area contributed by atoms with Gasteiger partial charge in [-0.25, -0.2) is 4.98 Å². The van der Waals surface area contributed by atoms with Crippen LogP contribution in [0.25, 0.3) is 11.0 Å². The highest BCUT2D eigenvalue weighted by atomic mass is 32.1. The molecule has 2 N–H and O–H groups in total. The van der Waals surface area contributed by atoms with Crippen molar-refractivity contribution in [3.05, 3.63) is 46.2 Å². The molecule has 0 bridgehead atoms. The Morgan fingerprint density at radius 1 is 1.28 bits per heavy atom. The first-order valence-corrected chi connectivity index (χ1v) is 6.83. The minimum atomic E-state index is 0.219. The van der Waals surface area contributed by atoms with Gasteiger partial charge in [0.15, 0.2) is 0 Å². The Hall–Kier alpha value is -1.81. The van der Waals surface area contributed by atoms with E-state index in [4.69, 9.17) is 5.73 Å². The number of aryl methyl sites for hydroxylation is 1. The molecule has 18 heavy (non-hydrogen) atoms. The van der Waals surface area contributed by atoms with Crippen molar-refractivity contribution in [3.8, 4) is 0 Å². The van der Waals surface area contributed by atoms with Crippen molar-refractivity contribution in [1.82, 2.24) is 9.55 Å². The van der Waals surface area contributed by atoms with Gasteiger partial charge in [0.2, 0.25) is 5.95 Å². The first-order valence-electron chi connectivity index (χ1n) is 5.95. The molecule has 0 saturated carbocycles. The summed E-state index contributed by atoms with van der Waals surface area (Å²) in [5.41, 5.74) is 9.35. The number of fused-ring (bicyclic) bond motifs is 1. The van der Waals surface area contributed by atoms with E-state index in [0.29, 0.717) is 5.95 Å². The fourth-order valence-electron chi connectivity index (χ4n) is 2.34. The number of rotatable bonds is 2. The number of para-hydroxylation sites is 1. The van der Waals surface area contributed by atoms with Gasteiger partial charge in [0, 0.05) is 4.88 Å². The summed E-state index contributed by atoms with van der Waals surface area (Å²) in [6.07, 6.45) is 0. The first-order chi connectivity index (χ1) is 8.68. The molecular weight excluding hydrogens is 242 g/mol. The van der Waals surface area contributed by atoms with Crippen LogP contribution in [0.15, 0.2) is 35.7 Å². The van der Waals surface area contributed by atoms with Gasteiger partial charge in [-0.05, 0) is 36.9 Å². The molecule has 0 aliphatic carbocycles. The second kappa shape index (κ2) is 4.14. The molecule has 2 heterocycles. The number of aromatic nitrogens is 2. The van der Waals surface area contributed by atoms with Gasteiger partial charge in [-0.3, -0.25) is 0 Å². The predicted octanol–water partition coefficient (Wildman–Crippen LogP) is 3.60. The highest BCUT2D eigenvalue weighted by molar-refractivity contribution is 7.10. The minimum Gasteiger partial charge on any atom is -0.369 e. The number of anilines is 1. The van der Waals surface area contributed by atoms with E-state index in [9.17, 15) is 0 Å². The Morgan fingerprint density at radius 3 is 2.83 bits per heavy atom. The maximum Gasteiger partial charge on any atom is 0.201 e. The first kappa shape index (κ1) is 11.3. The monoisotopic (exact) mass is 257 g/mol. The highest BCUT2D eigenvalue weighted by Gasteiger charge is 2.16. The molecule has 3 aromatic rings. The van der Waals surface area contributed by atoms with Crippen LogP contribution in [-0.4, -0.2) is 9.55 Å². The van der Waals surface area contributed by atoms with E-state index < -0.39 is 0 Å². The van der Waals surface area contributed by atoms with Gasteiger partial charge >= 0.3 is 0 Å². The van der Waals surface area contributed by atoms with Crippen molar-refractivity contribution >= 4 is 28.3 Å². The van der Waals surface area contributed by atoms with Crippen LogP contribution < -0.4 is 5.73 Å². The molecule has 4 heteroatoms. The topological polar surface area (TPSA) is 43.8 Å². The zero-order valence-corrected chi connectivity index (χ0v) is 11.2. The molecule has 0 amide bonds. The molecule has 0 aliphatic heterocycles. The molecule has 0 radical (unpaired) electrons. The summed E-state index contributed by atoms with van der Waals surface area (Å²) in [4.78, 5) is 5.78. The van der Waals surface area contributed by atoms with E-state index in [-0.39, 0.29) is 6.04 Å². The molecule has 92 valence electrons. The summed E-state index contributed by atoms with van der Waals surface area (Å²) in [6, 6.07) is 10.6. The number of nitrogen functional groups attached to an aromatic ring is 1. The van der Waals surface area contributed by atoms with E-state index >= 15 is 0 Å². The number of benzene rings is 1. The van der Waals surface area contributed by atoms with Crippen LogP contribution in [0.4, 0.5) is 5.95 Å². The maximum atomic E-state index is 6.09. The number of hydrogen-bond donors (Lipinski definition) is 1. The largest absolute Gasteiger partial charge is 0.369 e. The normalized spacial score (nSPS) is 13.0. The number of nitrogens with two attached hydrogens (primary N) is 1. The molecule has 3 nitrogen and oxygen atoms in total. The van der Waals surface area contributed by atoms with Gasteiger partial charge in [-0.15, -0.1) is 11.3 Å². The van der Waals surface area contributed by atoms with Gasteiger partial charge < -0.3 is 10.3 Å².